The Balaban J connectivity index is 1.41. The fraction of sp³-hybridized carbons (Fsp3) is 0.435. The molecule has 4 rings (SSSR count). The molecule has 1 fully saturated rings. The van der Waals surface area contributed by atoms with E-state index in [9.17, 15) is 4.79 Å². The van der Waals surface area contributed by atoms with Crippen LogP contribution in [0.1, 0.15) is 44.2 Å². The third-order valence-corrected chi connectivity index (χ3v) is 5.26. The highest BCUT2D eigenvalue weighted by molar-refractivity contribution is 5.79. The molecule has 1 saturated heterocycles. The Morgan fingerprint density at radius 2 is 1.63 bits per heavy atom. The molecule has 2 aromatic carbocycles. The number of amides is 1. The van der Waals surface area contributed by atoms with Gasteiger partial charge < -0.3 is 14.4 Å². The monoisotopic (exact) mass is 365 g/mol. The molecule has 1 atom stereocenters. The van der Waals surface area contributed by atoms with Gasteiger partial charge in [0.05, 0.1) is 18.2 Å². The number of carbonyl (C=O) groups is 1. The average molecular weight is 365 g/mol. The first kappa shape index (κ1) is 18.1. The molecule has 4 nitrogen and oxygen atoms in total. The van der Waals surface area contributed by atoms with Gasteiger partial charge in [0.1, 0.15) is 6.61 Å². The number of benzene rings is 2. The van der Waals surface area contributed by atoms with Crippen LogP contribution in [0.4, 0.5) is 4.79 Å². The van der Waals surface area contributed by atoms with Crippen LogP contribution < -0.4 is 0 Å². The number of fused-ring (bicyclic) bond motifs is 3. The number of carbonyl (C=O) groups excluding carboxylic acids is 1. The largest absolute Gasteiger partial charge is 0.448 e. The van der Waals surface area contributed by atoms with E-state index in [1.54, 1.807) is 4.90 Å². The average Bonchev–Trinajstić information content (AvgIpc) is 3.21. The van der Waals surface area contributed by atoms with Crippen LogP contribution >= 0.6 is 0 Å². The van der Waals surface area contributed by atoms with Gasteiger partial charge in [0.15, 0.2) is 0 Å². The predicted molar refractivity (Wildman–Crippen MR) is 106 cm³/mol. The molecule has 142 valence electrons. The van der Waals surface area contributed by atoms with E-state index in [0.717, 1.165) is 6.42 Å². The Labute approximate surface area is 161 Å². The van der Waals surface area contributed by atoms with Crippen molar-refractivity contribution in [1.29, 1.82) is 0 Å². The lowest BCUT2D eigenvalue weighted by Crippen LogP contribution is -2.34. The minimum atomic E-state index is -0.239. The van der Waals surface area contributed by atoms with Crippen molar-refractivity contribution in [2.24, 2.45) is 0 Å². The van der Waals surface area contributed by atoms with Crippen molar-refractivity contribution in [3.63, 3.8) is 0 Å². The molecule has 1 aliphatic heterocycles. The molecule has 0 aromatic heterocycles. The summed E-state index contributed by atoms with van der Waals surface area (Å²) in [5.74, 6) is 0.102. The summed E-state index contributed by atoms with van der Waals surface area (Å²) < 4.78 is 11.7. The Bertz CT molecular complexity index is 794. The van der Waals surface area contributed by atoms with Crippen LogP contribution in [0, 0.1) is 0 Å². The van der Waals surface area contributed by atoms with E-state index in [1.807, 2.05) is 20.8 Å². The molecule has 0 unspecified atom stereocenters. The maximum atomic E-state index is 12.6. The first-order valence-electron chi connectivity index (χ1n) is 9.70. The summed E-state index contributed by atoms with van der Waals surface area (Å²) in [7, 11) is 0. The molecule has 1 heterocycles. The van der Waals surface area contributed by atoms with Gasteiger partial charge in [-0.25, -0.2) is 4.79 Å². The van der Waals surface area contributed by atoms with Crippen LogP contribution in [0.3, 0.4) is 0 Å². The molecular formula is C23H27NO3. The standard InChI is InChI=1S/C23H27NO3/c1-23(2,3)27-16-12-13-24(14-16)22(25)26-15-21-19-10-6-4-8-17(19)18-9-5-7-11-20(18)21/h4-11,16,21H,12-15H2,1-3H3/t16-/m1/s1. The highest BCUT2D eigenvalue weighted by Crippen LogP contribution is 2.44. The van der Waals surface area contributed by atoms with Gasteiger partial charge >= 0.3 is 6.09 Å². The molecule has 0 bridgehead atoms. The maximum absolute atomic E-state index is 12.6. The number of ether oxygens (including phenoxy) is 2. The van der Waals surface area contributed by atoms with Gasteiger partial charge in [0, 0.05) is 12.5 Å². The van der Waals surface area contributed by atoms with E-state index < -0.39 is 0 Å². The first-order valence-corrected chi connectivity index (χ1v) is 9.70. The zero-order valence-corrected chi connectivity index (χ0v) is 16.3. The fourth-order valence-electron chi connectivity index (χ4n) is 4.18. The van der Waals surface area contributed by atoms with Crippen molar-refractivity contribution in [2.45, 2.75) is 44.8 Å². The lowest BCUT2D eigenvalue weighted by molar-refractivity contribution is -0.0536. The van der Waals surface area contributed by atoms with Crippen molar-refractivity contribution >= 4 is 6.09 Å². The lowest BCUT2D eigenvalue weighted by atomic mass is 9.98. The summed E-state index contributed by atoms with van der Waals surface area (Å²) >= 11 is 0. The molecule has 2 aromatic rings. The maximum Gasteiger partial charge on any atom is 0.409 e. The second kappa shape index (κ2) is 7.01. The molecule has 0 N–H and O–H groups in total. The number of hydrogen-bond donors (Lipinski definition) is 0. The van der Waals surface area contributed by atoms with Crippen LogP contribution in [0.2, 0.25) is 0 Å². The van der Waals surface area contributed by atoms with Crippen molar-refractivity contribution < 1.29 is 14.3 Å². The normalized spacial score (nSPS) is 19.1. The van der Waals surface area contributed by atoms with Gasteiger partial charge in [-0.3, -0.25) is 0 Å². The molecule has 0 spiro atoms. The summed E-state index contributed by atoms with van der Waals surface area (Å²) in [5.41, 5.74) is 4.77. The molecule has 0 radical (unpaired) electrons. The predicted octanol–water partition coefficient (Wildman–Crippen LogP) is 4.82. The molecule has 4 heteroatoms. The summed E-state index contributed by atoms with van der Waals surface area (Å²) in [6, 6.07) is 16.8. The second-order valence-electron chi connectivity index (χ2n) is 8.39. The Kier molecular flexibility index (Phi) is 4.68. The number of nitrogens with zero attached hydrogens (tertiary/aromatic N) is 1. The minimum absolute atomic E-state index is 0.0884. The van der Waals surface area contributed by atoms with E-state index in [4.69, 9.17) is 9.47 Å². The van der Waals surface area contributed by atoms with Gasteiger partial charge in [-0.2, -0.15) is 0 Å². The second-order valence-corrected chi connectivity index (χ2v) is 8.39. The summed E-state index contributed by atoms with van der Waals surface area (Å²) in [6.07, 6.45) is 0.712. The van der Waals surface area contributed by atoms with Crippen LogP contribution in [-0.2, 0) is 9.47 Å². The summed E-state index contributed by atoms with van der Waals surface area (Å²) in [4.78, 5) is 14.4. The lowest BCUT2D eigenvalue weighted by Gasteiger charge is -2.25. The van der Waals surface area contributed by atoms with E-state index >= 15 is 0 Å². The van der Waals surface area contributed by atoms with Crippen molar-refractivity contribution in [3.8, 4) is 11.1 Å². The van der Waals surface area contributed by atoms with Crippen molar-refractivity contribution in [3.05, 3.63) is 59.7 Å². The first-order chi connectivity index (χ1) is 12.9. The Hall–Kier alpha value is -2.33. The number of rotatable bonds is 3. The smallest absolute Gasteiger partial charge is 0.409 e. The van der Waals surface area contributed by atoms with Gasteiger partial charge in [0.2, 0.25) is 0 Å². The number of likely N-dealkylation sites (tertiary alicyclic amines) is 1. The van der Waals surface area contributed by atoms with Gasteiger partial charge in [-0.15, -0.1) is 0 Å². The Morgan fingerprint density at radius 3 is 2.22 bits per heavy atom. The third kappa shape index (κ3) is 3.72. The topological polar surface area (TPSA) is 38.8 Å². The van der Waals surface area contributed by atoms with E-state index in [-0.39, 0.29) is 23.7 Å². The van der Waals surface area contributed by atoms with E-state index in [2.05, 4.69) is 48.5 Å². The van der Waals surface area contributed by atoms with Crippen molar-refractivity contribution in [1.82, 2.24) is 4.90 Å². The SMILES string of the molecule is CC(C)(C)O[C@@H]1CCN(C(=O)OCC2c3ccccc3-c3ccccc32)C1. The molecular weight excluding hydrogens is 338 g/mol. The zero-order chi connectivity index (χ0) is 19.0. The van der Waals surface area contributed by atoms with Crippen LogP contribution in [-0.4, -0.2) is 42.4 Å². The quantitative estimate of drug-likeness (QED) is 0.782. The molecule has 2 aliphatic rings. The van der Waals surface area contributed by atoms with Gasteiger partial charge in [0.25, 0.3) is 0 Å². The summed E-state index contributed by atoms with van der Waals surface area (Å²) in [5, 5.41) is 0. The third-order valence-electron chi connectivity index (χ3n) is 5.26. The van der Waals surface area contributed by atoms with E-state index in [1.165, 1.54) is 22.3 Å². The molecule has 0 saturated carbocycles. The minimum Gasteiger partial charge on any atom is -0.448 e. The van der Waals surface area contributed by atoms with Crippen LogP contribution in [0.5, 0.6) is 0 Å². The van der Waals surface area contributed by atoms with Crippen LogP contribution in [0.15, 0.2) is 48.5 Å². The molecule has 1 amide bonds. The zero-order valence-electron chi connectivity index (χ0n) is 16.3. The highest BCUT2D eigenvalue weighted by atomic mass is 16.6. The van der Waals surface area contributed by atoms with Crippen LogP contribution in [0.25, 0.3) is 11.1 Å². The fourth-order valence-corrected chi connectivity index (χ4v) is 4.18. The number of hydrogen-bond acceptors (Lipinski definition) is 3. The van der Waals surface area contributed by atoms with Gasteiger partial charge in [-0.1, -0.05) is 48.5 Å². The highest BCUT2D eigenvalue weighted by Gasteiger charge is 2.33. The Morgan fingerprint density at radius 1 is 1.04 bits per heavy atom. The van der Waals surface area contributed by atoms with Crippen molar-refractivity contribution in [2.75, 3.05) is 19.7 Å². The summed E-state index contributed by atoms with van der Waals surface area (Å²) in [6.45, 7) is 7.80. The molecule has 1 aliphatic carbocycles. The van der Waals surface area contributed by atoms with Gasteiger partial charge in [-0.05, 0) is 49.4 Å². The van der Waals surface area contributed by atoms with E-state index in [0.29, 0.717) is 19.7 Å². The molecule has 27 heavy (non-hydrogen) atoms.